The maximum absolute atomic E-state index is 11.8. The van der Waals surface area contributed by atoms with E-state index in [1.165, 1.54) is 17.7 Å². The van der Waals surface area contributed by atoms with Crippen LogP contribution < -0.4 is 10.6 Å². The fourth-order valence-electron chi connectivity index (χ4n) is 3.24. The normalized spacial score (nSPS) is 21.8. The monoisotopic (exact) mass is 365 g/mol. The summed E-state index contributed by atoms with van der Waals surface area (Å²) in [6.07, 6.45) is 2.42. The average Bonchev–Trinajstić information content (AvgIpc) is 3.11. The highest BCUT2D eigenvalue weighted by molar-refractivity contribution is 7.10. The second-order valence-corrected chi connectivity index (χ2v) is 7.69. The van der Waals surface area contributed by atoms with Crippen LogP contribution in [0.15, 0.2) is 22.5 Å². The van der Waals surface area contributed by atoms with Crippen LogP contribution in [0.1, 0.15) is 30.7 Å². The van der Waals surface area contributed by atoms with Crippen LogP contribution in [-0.4, -0.2) is 69.0 Å². The Kier molecular flexibility index (Phi) is 7.71. The van der Waals surface area contributed by atoms with Gasteiger partial charge in [0, 0.05) is 38.1 Å². The van der Waals surface area contributed by atoms with Gasteiger partial charge >= 0.3 is 0 Å². The van der Waals surface area contributed by atoms with Gasteiger partial charge in [-0.1, -0.05) is 6.07 Å². The molecule has 2 unspecified atom stereocenters. The van der Waals surface area contributed by atoms with Crippen LogP contribution in [0.2, 0.25) is 0 Å². The largest absolute Gasteiger partial charge is 0.357 e. The fourth-order valence-corrected chi connectivity index (χ4v) is 4.22. The topological polar surface area (TPSA) is 60.0 Å². The number of rotatable bonds is 6. The second kappa shape index (κ2) is 9.77. The van der Waals surface area contributed by atoms with Crippen LogP contribution in [0.3, 0.4) is 0 Å². The molecule has 0 aliphatic carbocycles. The van der Waals surface area contributed by atoms with Crippen LogP contribution in [0.25, 0.3) is 0 Å². The zero-order chi connectivity index (χ0) is 18.2. The van der Waals surface area contributed by atoms with Crippen LogP contribution in [0, 0.1) is 5.92 Å². The molecule has 140 valence electrons. The van der Waals surface area contributed by atoms with Crippen molar-refractivity contribution in [2.45, 2.75) is 25.8 Å². The van der Waals surface area contributed by atoms with E-state index < -0.39 is 0 Å². The van der Waals surface area contributed by atoms with E-state index in [0.29, 0.717) is 12.0 Å². The molecular formula is C18H31N5OS. The number of thiophene rings is 1. The van der Waals surface area contributed by atoms with Crippen molar-refractivity contribution in [3.8, 4) is 0 Å². The first kappa shape index (κ1) is 19.7. The number of piperidine rings is 1. The van der Waals surface area contributed by atoms with E-state index in [0.717, 1.165) is 25.6 Å². The zero-order valence-electron chi connectivity index (χ0n) is 15.8. The van der Waals surface area contributed by atoms with E-state index in [2.05, 4.69) is 45.1 Å². The molecule has 1 saturated heterocycles. The Balaban J connectivity index is 1.99. The Hall–Kier alpha value is -1.60. The molecule has 1 aliphatic rings. The van der Waals surface area contributed by atoms with Crippen LogP contribution in [0.5, 0.6) is 0 Å². The van der Waals surface area contributed by atoms with Gasteiger partial charge in [0.05, 0.1) is 0 Å². The Bertz CT molecular complexity index is 558. The van der Waals surface area contributed by atoms with Gasteiger partial charge in [0.15, 0.2) is 5.96 Å². The first-order valence-corrected chi connectivity index (χ1v) is 9.86. The van der Waals surface area contributed by atoms with Crippen molar-refractivity contribution >= 4 is 23.2 Å². The van der Waals surface area contributed by atoms with Crippen molar-refractivity contribution < 1.29 is 4.79 Å². The Labute approximate surface area is 155 Å². The molecule has 1 aliphatic heterocycles. The van der Waals surface area contributed by atoms with Crippen molar-refractivity contribution in [3.05, 3.63) is 22.4 Å². The molecule has 2 heterocycles. The van der Waals surface area contributed by atoms with E-state index in [1.807, 2.05) is 18.3 Å². The third-order valence-electron chi connectivity index (χ3n) is 4.59. The Morgan fingerprint density at radius 1 is 1.44 bits per heavy atom. The van der Waals surface area contributed by atoms with Crippen LogP contribution >= 0.6 is 11.3 Å². The van der Waals surface area contributed by atoms with E-state index >= 15 is 0 Å². The van der Waals surface area contributed by atoms with Gasteiger partial charge in [-0.05, 0) is 50.7 Å². The highest BCUT2D eigenvalue weighted by Gasteiger charge is 2.31. The molecule has 0 radical (unpaired) electrons. The number of likely N-dealkylation sites (N-methyl/N-ethyl adjacent to an activating group) is 1. The summed E-state index contributed by atoms with van der Waals surface area (Å²) in [6.45, 7) is 4.98. The van der Waals surface area contributed by atoms with Crippen molar-refractivity contribution in [2.75, 3.05) is 47.3 Å². The minimum Gasteiger partial charge on any atom is -0.357 e. The van der Waals surface area contributed by atoms with Gasteiger partial charge in [-0.3, -0.25) is 9.69 Å². The van der Waals surface area contributed by atoms with Crippen molar-refractivity contribution in [3.63, 3.8) is 0 Å². The van der Waals surface area contributed by atoms with Gasteiger partial charge in [-0.2, -0.15) is 0 Å². The smallest absolute Gasteiger partial charge is 0.243 e. The number of nitrogens with zero attached hydrogens (tertiary/aromatic N) is 3. The first-order valence-electron chi connectivity index (χ1n) is 8.99. The molecule has 2 atom stereocenters. The van der Waals surface area contributed by atoms with Crippen LogP contribution in [-0.2, 0) is 4.79 Å². The predicted molar refractivity (Wildman–Crippen MR) is 105 cm³/mol. The standard InChI is InChI=1S/C18H31N5OS/c1-5-19-18(21-13-16(24)22(2)3)20-12-14-8-6-10-23(4)17(14)15-9-7-11-25-15/h7,9,11,14,17H,5-6,8,10,12-13H2,1-4H3,(H2,19,20,21). The molecule has 0 saturated carbocycles. The Morgan fingerprint density at radius 2 is 2.24 bits per heavy atom. The quantitative estimate of drug-likeness (QED) is 0.596. The van der Waals surface area contributed by atoms with Gasteiger partial charge in [0.25, 0.3) is 0 Å². The molecule has 6 nitrogen and oxygen atoms in total. The minimum atomic E-state index is 0.00562. The van der Waals surface area contributed by atoms with Crippen LogP contribution in [0.4, 0.5) is 0 Å². The third-order valence-corrected chi connectivity index (χ3v) is 5.53. The maximum atomic E-state index is 11.8. The maximum Gasteiger partial charge on any atom is 0.243 e. The lowest BCUT2D eigenvalue weighted by Gasteiger charge is -2.39. The van der Waals surface area contributed by atoms with E-state index in [9.17, 15) is 4.79 Å². The number of carbonyl (C=O) groups is 1. The second-order valence-electron chi connectivity index (χ2n) is 6.71. The molecule has 25 heavy (non-hydrogen) atoms. The zero-order valence-corrected chi connectivity index (χ0v) is 16.6. The van der Waals surface area contributed by atoms with Crippen molar-refractivity contribution in [2.24, 2.45) is 10.9 Å². The molecule has 2 N–H and O–H groups in total. The fraction of sp³-hybridized carbons (Fsp3) is 0.667. The van der Waals surface area contributed by atoms with Gasteiger partial charge in [-0.15, -0.1) is 11.3 Å². The number of carbonyl (C=O) groups excluding carboxylic acids is 1. The lowest BCUT2D eigenvalue weighted by molar-refractivity contribution is -0.127. The molecule has 0 aromatic carbocycles. The summed E-state index contributed by atoms with van der Waals surface area (Å²) in [7, 11) is 5.72. The van der Waals surface area contributed by atoms with E-state index in [-0.39, 0.29) is 12.5 Å². The van der Waals surface area contributed by atoms with Gasteiger partial charge in [0.1, 0.15) is 6.54 Å². The number of hydrogen-bond donors (Lipinski definition) is 2. The molecule has 1 fully saturated rings. The van der Waals surface area contributed by atoms with E-state index in [1.54, 1.807) is 19.0 Å². The van der Waals surface area contributed by atoms with Crippen molar-refractivity contribution in [1.29, 1.82) is 0 Å². The number of aliphatic imine (C=N–C) groups is 1. The summed E-state index contributed by atoms with van der Waals surface area (Å²) in [5, 5.41) is 8.83. The lowest BCUT2D eigenvalue weighted by Crippen LogP contribution is -2.45. The summed E-state index contributed by atoms with van der Waals surface area (Å²) >= 11 is 1.83. The summed E-state index contributed by atoms with van der Waals surface area (Å²) < 4.78 is 0. The van der Waals surface area contributed by atoms with Crippen molar-refractivity contribution in [1.82, 2.24) is 20.4 Å². The first-order chi connectivity index (χ1) is 12.0. The molecule has 2 rings (SSSR count). The summed E-state index contributed by atoms with van der Waals surface area (Å²) in [5.41, 5.74) is 0. The number of hydrogen-bond acceptors (Lipinski definition) is 4. The lowest BCUT2D eigenvalue weighted by atomic mass is 9.88. The minimum absolute atomic E-state index is 0.00562. The number of likely N-dealkylation sites (tertiary alicyclic amines) is 1. The third kappa shape index (κ3) is 5.71. The number of nitrogens with one attached hydrogen (secondary N) is 2. The summed E-state index contributed by atoms with van der Waals surface area (Å²) in [4.78, 5) is 21.6. The molecule has 7 heteroatoms. The van der Waals surface area contributed by atoms with Gasteiger partial charge in [-0.25, -0.2) is 4.99 Å². The van der Waals surface area contributed by atoms with Gasteiger partial charge < -0.3 is 15.5 Å². The average molecular weight is 366 g/mol. The van der Waals surface area contributed by atoms with E-state index in [4.69, 9.17) is 0 Å². The molecule has 1 amide bonds. The molecule has 0 spiro atoms. The highest BCUT2D eigenvalue weighted by Crippen LogP contribution is 2.36. The predicted octanol–water partition coefficient (Wildman–Crippen LogP) is 1.77. The summed E-state index contributed by atoms with van der Waals surface area (Å²) in [6, 6.07) is 4.82. The van der Waals surface area contributed by atoms with Gasteiger partial charge in [0.2, 0.25) is 5.91 Å². The number of guanidine groups is 1. The number of amides is 1. The SMILES string of the molecule is CCNC(=NCC(=O)N(C)C)NCC1CCCN(C)C1c1cccs1. The highest BCUT2D eigenvalue weighted by atomic mass is 32.1. The molecule has 1 aromatic heterocycles. The molecule has 1 aromatic rings. The summed E-state index contributed by atoms with van der Waals surface area (Å²) in [5.74, 6) is 1.26. The molecular weight excluding hydrogens is 334 g/mol. The Morgan fingerprint density at radius 3 is 2.88 bits per heavy atom. The molecule has 0 bridgehead atoms.